The van der Waals surface area contributed by atoms with Gasteiger partial charge in [0, 0.05) is 19.6 Å². The summed E-state index contributed by atoms with van der Waals surface area (Å²) in [6.07, 6.45) is 7.05. The van der Waals surface area contributed by atoms with E-state index >= 15 is 0 Å². The van der Waals surface area contributed by atoms with Gasteiger partial charge in [-0.3, -0.25) is 0 Å². The molecule has 0 aromatic carbocycles. The van der Waals surface area contributed by atoms with Crippen LogP contribution in [-0.4, -0.2) is 30.6 Å². The fourth-order valence-corrected chi connectivity index (χ4v) is 2.84. The second-order valence-electron chi connectivity index (χ2n) is 4.68. The molecule has 2 amide bonds. The highest BCUT2D eigenvalue weighted by molar-refractivity contribution is 5.74. The minimum atomic E-state index is 0.0873. The van der Waals surface area contributed by atoms with Gasteiger partial charge in [0.05, 0.1) is 0 Å². The van der Waals surface area contributed by atoms with E-state index in [2.05, 4.69) is 11.9 Å². The minimum Gasteiger partial charge on any atom is -0.335 e. The summed E-state index contributed by atoms with van der Waals surface area (Å²) in [4.78, 5) is 13.7. The van der Waals surface area contributed by atoms with E-state index in [9.17, 15) is 4.79 Å². The normalized spacial score (nSPS) is 29.7. The Morgan fingerprint density at radius 2 is 1.93 bits per heavy atom. The standard InChI is InChI=1S/C12H20N2O/c1-2-7-13-12(15)14-8-10-5-3-4-6-11(10)9-14/h2,10-11H,1,3-9H2,(H,13,15). The molecule has 3 heteroatoms. The first-order valence-electron chi connectivity index (χ1n) is 5.95. The molecule has 2 rings (SSSR count). The second kappa shape index (κ2) is 4.69. The van der Waals surface area contributed by atoms with Crippen molar-refractivity contribution in [3.05, 3.63) is 12.7 Å². The largest absolute Gasteiger partial charge is 0.335 e. The van der Waals surface area contributed by atoms with E-state index in [1.165, 1.54) is 25.7 Å². The highest BCUT2D eigenvalue weighted by Gasteiger charge is 2.36. The average Bonchev–Trinajstić information content (AvgIpc) is 2.69. The Morgan fingerprint density at radius 3 is 2.47 bits per heavy atom. The quantitative estimate of drug-likeness (QED) is 0.692. The van der Waals surface area contributed by atoms with Gasteiger partial charge in [0.1, 0.15) is 0 Å². The number of fused-ring (bicyclic) bond motifs is 1. The van der Waals surface area contributed by atoms with Crippen molar-refractivity contribution in [1.82, 2.24) is 10.2 Å². The number of urea groups is 1. The van der Waals surface area contributed by atoms with E-state index in [0.29, 0.717) is 6.54 Å². The number of nitrogens with zero attached hydrogens (tertiary/aromatic N) is 1. The van der Waals surface area contributed by atoms with E-state index in [1.54, 1.807) is 6.08 Å². The summed E-state index contributed by atoms with van der Waals surface area (Å²) in [5.74, 6) is 1.54. The Morgan fingerprint density at radius 1 is 1.33 bits per heavy atom. The second-order valence-corrected chi connectivity index (χ2v) is 4.68. The smallest absolute Gasteiger partial charge is 0.317 e. The van der Waals surface area contributed by atoms with Crippen molar-refractivity contribution in [1.29, 1.82) is 0 Å². The van der Waals surface area contributed by atoms with Gasteiger partial charge in [0.2, 0.25) is 0 Å². The van der Waals surface area contributed by atoms with Gasteiger partial charge in [0.25, 0.3) is 0 Å². The summed E-state index contributed by atoms with van der Waals surface area (Å²) < 4.78 is 0. The first-order chi connectivity index (χ1) is 7.31. The molecule has 0 spiro atoms. The first kappa shape index (κ1) is 10.5. The van der Waals surface area contributed by atoms with E-state index in [4.69, 9.17) is 0 Å². The molecule has 0 bridgehead atoms. The molecule has 3 nitrogen and oxygen atoms in total. The number of amides is 2. The van der Waals surface area contributed by atoms with Crippen LogP contribution >= 0.6 is 0 Å². The molecule has 2 aliphatic rings. The Labute approximate surface area is 91.5 Å². The fraction of sp³-hybridized carbons (Fsp3) is 0.750. The number of rotatable bonds is 2. The van der Waals surface area contributed by atoms with Crippen LogP contribution in [0.25, 0.3) is 0 Å². The molecule has 0 aromatic rings. The maximum absolute atomic E-state index is 11.7. The van der Waals surface area contributed by atoms with Crippen LogP contribution in [0.4, 0.5) is 4.79 Å². The molecular formula is C12H20N2O. The summed E-state index contributed by atoms with van der Waals surface area (Å²) in [7, 11) is 0. The Kier molecular flexibility index (Phi) is 3.29. The topological polar surface area (TPSA) is 32.3 Å². The van der Waals surface area contributed by atoms with E-state index in [-0.39, 0.29) is 6.03 Å². The highest BCUT2D eigenvalue weighted by atomic mass is 16.2. The molecule has 1 N–H and O–H groups in total. The van der Waals surface area contributed by atoms with Gasteiger partial charge in [0.15, 0.2) is 0 Å². The molecule has 2 unspecified atom stereocenters. The zero-order valence-electron chi connectivity index (χ0n) is 9.24. The van der Waals surface area contributed by atoms with Gasteiger partial charge in [-0.1, -0.05) is 18.9 Å². The summed E-state index contributed by atoms with van der Waals surface area (Å²) >= 11 is 0. The molecule has 1 heterocycles. The van der Waals surface area contributed by atoms with Crippen molar-refractivity contribution in [2.45, 2.75) is 25.7 Å². The number of carbonyl (C=O) groups excluding carboxylic acids is 1. The Hall–Kier alpha value is -0.990. The van der Waals surface area contributed by atoms with Crippen LogP contribution < -0.4 is 5.32 Å². The van der Waals surface area contributed by atoms with Crippen LogP contribution in [-0.2, 0) is 0 Å². The summed E-state index contributed by atoms with van der Waals surface area (Å²) in [5, 5.41) is 2.85. The predicted molar refractivity (Wildman–Crippen MR) is 60.6 cm³/mol. The van der Waals surface area contributed by atoms with Crippen molar-refractivity contribution in [3.8, 4) is 0 Å². The van der Waals surface area contributed by atoms with E-state index < -0.39 is 0 Å². The number of hydrogen-bond donors (Lipinski definition) is 1. The van der Waals surface area contributed by atoms with Crippen molar-refractivity contribution in [2.75, 3.05) is 19.6 Å². The molecule has 2 atom stereocenters. The number of nitrogens with one attached hydrogen (secondary N) is 1. The van der Waals surface area contributed by atoms with E-state index in [0.717, 1.165) is 24.9 Å². The van der Waals surface area contributed by atoms with Gasteiger partial charge in [-0.05, 0) is 24.7 Å². The van der Waals surface area contributed by atoms with Crippen LogP contribution in [0.3, 0.4) is 0 Å². The van der Waals surface area contributed by atoms with Crippen LogP contribution in [0.2, 0.25) is 0 Å². The van der Waals surface area contributed by atoms with Gasteiger partial charge >= 0.3 is 6.03 Å². The van der Waals surface area contributed by atoms with Crippen LogP contribution in [0.15, 0.2) is 12.7 Å². The minimum absolute atomic E-state index is 0.0873. The SMILES string of the molecule is C=CCNC(=O)N1CC2CCCCC2C1. The fourth-order valence-electron chi connectivity index (χ4n) is 2.84. The third kappa shape index (κ3) is 2.33. The molecule has 2 fully saturated rings. The summed E-state index contributed by atoms with van der Waals surface area (Å²) in [6.45, 7) is 6.10. The molecule has 84 valence electrons. The van der Waals surface area contributed by atoms with Crippen LogP contribution in [0.5, 0.6) is 0 Å². The zero-order valence-corrected chi connectivity index (χ0v) is 9.24. The molecule has 1 aliphatic carbocycles. The average molecular weight is 208 g/mol. The molecule has 1 aliphatic heterocycles. The lowest BCUT2D eigenvalue weighted by Crippen LogP contribution is -2.38. The maximum Gasteiger partial charge on any atom is 0.317 e. The van der Waals surface area contributed by atoms with Gasteiger partial charge < -0.3 is 10.2 Å². The van der Waals surface area contributed by atoms with E-state index in [1.807, 2.05) is 4.90 Å². The monoisotopic (exact) mass is 208 g/mol. The number of hydrogen-bond acceptors (Lipinski definition) is 1. The first-order valence-corrected chi connectivity index (χ1v) is 5.95. The third-order valence-corrected chi connectivity index (χ3v) is 3.66. The molecular weight excluding hydrogens is 188 g/mol. The van der Waals surface area contributed by atoms with Gasteiger partial charge in [-0.15, -0.1) is 6.58 Å². The highest BCUT2D eigenvalue weighted by Crippen LogP contribution is 2.35. The summed E-state index contributed by atoms with van der Waals surface area (Å²) in [5.41, 5.74) is 0. The molecule has 1 saturated heterocycles. The Bertz CT molecular complexity index is 238. The summed E-state index contributed by atoms with van der Waals surface area (Å²) in [6, 6.07) is 0.0873. The van der Waals surface area contributed by atoms with Gasteiger partial charge in [-0.2, -0.15) is 0 Å². The van der Waals surface area contributed by atoms with Gasteiger partial charge in [-0.25, -0.2) is 4.79 Å². The number of carbonyl (C=O) groups is 1. The molecule has 1 saturated carbocycles. The molecule has 15 heavy (non-hydrogen) atoms. The maximum atomic E-state index is 11.7. The molecule has 0 aromatic heterocycles. The lowest BCUT2D eigenvalue weighted by molar-refractivity contribution is 0.207. The lowest BCUT2D eigenvalue weighted by Gasteiger charge is -2.22. The van der Waals surface area contributed by atoms with Crippen molar-refractivity contribution in [3.63, 3.8) is 0 Å². The van der Waals surface area contributed by atoms with Crippen molar-refractivity contribution < 1.29 is 4.79 Å². The lowest BCUT2D eigenvalue weighted by atomic mass is 9.82. The third-order valence-electron chi connectivity index (χ3n) is 3.66. The van der Waals surface area contributed by atoms with Crippen LogP contribution in [0, 0.1) is 11.8 Å². The predicted octanol–water partition coefficient (Wildman–Crippen LogP) is 2.00. The number of likely N-dealkylation sites (tertiary alicyclic amines) is 1. The molecule has 0 radical (unpaired) electrons. The van der Waals surface area contributed by atoms with Crippen molar-refractivity contribution >= 4 is 6.03 Å². The Balaban J connectivity index is 1.85. The van der Waals surface area contributed by atoms with Crippen LogP contribution in [0.1, 0.15) is 25.7 Å². The zero-order chi connectivity index (χ0) is 10.7. The van der Waals surface area contributed by atoms with Crippen molar-refractivity contribution in [2.24, 2.45) is 11.8 Å².